The molecule has 146 valence electrons. The minimum Gasteiger partial charge on any atom is -0.423 e. The van der Waals surface area contributed by atoms with E-state index in [2.05, 4.69) is 19.1 Å². The lowest BCUT2D eigenvalue weighted by molar-refractivity contribution is -0.0226. The minimum absolute atomic E-state index is 0.115. The van der Waals surface area contributed by atoms with Gasteiger partial charge in [-0.05, 0) is 97.1 Å². The Hall–Kier alpha value is -2.13. The van der Waals surface area contributed by atoms with Crippen LogP contribution in [0.2, 0.25) is 0 Å². The maximum atomic E-state index is 12.4. The van der Waals surface area contributed by atoms with Gasteiger partial charge in [-0.25, -0.2) is 4.79 Å². The molecule has 0 amide bonds. The van der Waals surface area contributed by atoms with Crippen LogP contribution in [0.5, 0.6) is 5.75 Å². The molecule has 2 fully saturated rings. The first-order valence-electron chi connectivity index (χ1n) is 10.6. The molecule has 0 aliphatic heterocycles. The summed E-state index contributed by atoms with van der Waals surface area (Å²) in [5.74, 6) is 2.25. The number of hydrogen-bond acceptors (Lipinski definition) is 3. The maximum absolute atomic E-state index is 12.4. The van der Waals surface area contributed by atoms with Gasteiger partial charge in [0.15, 0.2) is 0 Å². The van der Waals surface area contributed by atoms with Gasteiger partial charge in [-0.2, -0.15) is 0 Å². The predicted molar refractivity (Wildman–Crippen MR) is 108 cm³/mol. The first-order valence-corrected chi connectivity index (χ1v) is 10.6. The highest BCUT2D eigenvalue weighted by Crippen LogP contribution is 2.60. The topological polar surface area (TPSA) is 46.5 Å². The number of benzene rings is 2. The fourth-order valence-electron chi connectivity index (χ4n) is 6.33. The van der Waals surface area contributed by atoms with Crippen molar-refractivity contribution in [2.45, 2.75) is 57.5 Å². The Morgan fingerprint density at radius 1 is 1.07 bits per heavy atom. The summed E-state index contributed by atoms with van der Waals surface area (Å²) in [6.45, 7) is 2.31. The third kappa shape index (κ3) is 2.79. The van der Waals surface area contributed by atoms with E-state index in [0.717, 1.165) is 25.7 Å². The molecule has 2 aromatic carbocycles. The van der Waals surface area contributed by atoms with Crippen LogP contribution in [0.15, 0.2) is 48.5 Å². The average Bonchev–Trinajstić information content (AvgIpc) is 3.03. The molecule has 0 bridgehead atoms. The van der Waals surface area contributed by atoms with Crippen molar-refractivity contribution in [3.8, 4) is 5.75 Å². The smallest absolute Gasteiger partial charge is 0.343 e. The summed E-state index contributed by atoms with van der Waals surface area (Å²) < 4.78 is 5.63. The fourth-order valence-corrected chi connectivity index (χ4v) is 6.33. The Bertz CT molecular complexity index is 890. The zero-order valence-corrected chi connectivity index (χ0v) is 16.4. The molecular weight excluding hydrogens is 348 g/mol. The van der Waals surface area contributed by atoms with Crippen LogP contribution in [0.4, 0.5) is 0 Å². The van der Waals surface area contributed by atoms with Crippen LogP contribution in [0.25, 0.3) is 0 Å². The molecule has 1 N–H and O–H groups in total. The van der Waals surface area contributed by atoms with E-state index in [1.807, 2.05) is 24.3 Å². The van der Waals surface area contributed by atoms with Crippen LogP contribution < -0.4 is 4.74 Å². The van der Waals surface area contributed by atoms with Crippen LogP contribution in [0.1, 0.15) is 66.4 Å². The van der Waals surface area contributed by atoms with Gasteiger partial charge in [-0.3, -0.25) is 0 Å². The maximum Gasteiger partial charge on any atom is 0.343 e. The molecule has 3 heteroatoms. The van der Waals surface area contributed by atoms with E-state index in [-0.39, 0.29) is 17.5 Å². The summed E-state index contributed by atoms with van der Waals surface area (Å²) >= 11 is 0. The molecule has 2 aromatic rings. The van der Waals surface area contributed by atoms with Crippen molar-refractivity contribution in [2.24, 2.45) is 17.3 Å². The van der Waals surface area contributed by atoms with Gasteiger partial charge in [-0.15, -0.1) is 0 Å². The zero-order chi connectivity index (χ0) is 19.3. The zero-order valence-electron chi connectivity index (χ0n) is 16.4. The minimum atomic E-state index is -0.303. The van der Waals surface area contributed by atoms with Crippen LogP contribution in [-0.2, 0) is 6.42 Å². The lowest BCUT2D eigenvalue weighted by Crippen LogP contribution is -2.43. The van der Waals surface area contributed by atoms with Crippen LogP contribution >= 0.6 is 0 Å². The second-order valence-corrected chi connectivity index (χ2v) is 9.17. The van der Waals surface area contributed by atoms with Crippen molar-refractivity contribution in [2.75, 3.05) is 0 Å². The molecule has 0 spiro atoms. The lowest BCUT2D eigenvalue weighted by atomic mass is 9.55. The molecular formula is C25H28O3. The molecule has 28 heavy (non-hydrogen) atoms. The SMILES string of the molecule is C[C@@]12CC[C@H]3c4ccc(OC(=O)c5ccccc5)cc4CC[C@@H]3[C@@H]1CC[C@@H]2O. The monoisotopic (exact) mass is 376 g/mol. The van der Waals surface area contributed by atoms with E-state index in [1.54, 1.807) is 12.1 Å². The standard InChI is InChI=1S/C25H28O3/c1-25-14-13-20-19-10-8-18(28-24(27)16-5-3-2-4-6-16)15-17(19)7-9-21(20)22(25)11-12-23(25)26/h2-6,8,10,15,20-23,26H,7,9,11-14H2,1H3/t20-,21-,22-,23-,25+/m0/s1. The molecule has 0 saturated heterocycles. The summed E-state index contributed by atoms with van der Waals surface area (Å²) in [5, 5.41) is 10.5. The molecule has 0 aromatic heterocycles. The summed E-state index contributed by atoms with van der Waals surface area (Å²) in [6.07, 6.45) is 6.50. The van der Waals surface area contributed by atoms with Crippen molar-refractivity contribution >= 4 is 5.97 Å². The number of carbonyl (C=O) groups is 1. The predicted octanol–water partition coefficient (Wildman–Crippen LogP) is 5.12. The van der Waals surface area contributed by atoms with Gasteiger partial charge in [0.05, 0.1) is 11.7 Å². The van der Waals surface area contributed by atoms with Crippen LogP contribution in [0, 0.1) is 17.3 Å². The second-order valence-electron chi connectivity index (χ2n) is 9.17. The summed E-state index contributed by atoms with van der Waals surface area (Å²) in [7, 11) is 0. The fraction of sp³-hybridized carbons (Fsp3) is 0.480. The van der Waals surface area contributed by atoms with E-state index in [1.165, 1.54) is 24.0 Å². The molecule has 2 saturated carbocycles. The Morgan fingerprint density at radius 2 is 1.89 bits per heavy atom. The Kier molecular flexibility index (Phi) is 4.31. The quantitative estimate of drug-likeness (QED) is 0.584. The Labute approximate surface area is 166 Å². The molecule has 0 unspecified atom stereocenters. The van der Waals surface area contributed by atoms with Crippen LogP contribution in [-0.4, -0.2) is 17.2 Å². The molecule has 0 heterocycles. The number of esters is 1. The van der Waals surface area contributed by atoms with Gasteiger partial charge >= 0.3 is 5.97 Å². The largest absolute Gasteiger partial charge is 0.423 e. The number of fused-ring (bicyclic) bond motifs is 5. The normalized spacial score (nSPS) is 33.5. The van der Waals surface area contributed by atoms with Crippen molar-refractivity contribution in [3.05, 3.63) is 65.2 Å². The van der Waals surface area contributed by atoms with E-state index in [0.29, 0.717) is 29.1 Å². The highest BCUT2D eigenvalue weighted by molar-refractivity contribution is 5.91. The first kappa shape index (κ1) is 17.9. The van der Waals surface area contributed by atoms with E-state index < -0.39 is 0 Å². The molecule has 5 atom stereocenters. The lowest BCUT2D eigenvalue weighted by Gasteiger charge is -2.50. The van der Waals surface area contributed by atoms with Gasteiger partial charge in [0, 0.05) is 0 Å². The van der Waals surface area contributed by atoms with E-state index >= 15 is 0 Å². The third-order valence-corrected chi connectivity index (χ3v) is 7.87. The molecule has 5 rings (SSSR count). The number of ether oxygens (including phenoxy) is 1. The summed E-state index contributed by atoms with van der Waals surface area (Å²) in [5.41, 5.74) is 3.47. The van der Waals surface area contributed by atoms with Gasteiger partial charge in [0.1, 0.15) is 5.75 Å². The van der Waals surface area contributed by atoms with Gasteiger partial charge < -0.3 is 9.84 Å². The summed E-state index contributed by atoms with van der Waals surface area (Å²) in [6, 6.07) is 15.4. The number of aliphatic hydroxyl groups is 1. The van der Waals surface area contributed by atoms with Crippen molar-refractivity contribution in [3.63, 3.8) is 0 Å². The molecule has 0 radical (unpaired) electrons. The van der Waals surface area contributed by atoms with E-state index in [9.17, 15) is 9.90 Å². The average molecular weight is 376 g/mol. The number of hydrogen-bond donors (Lipinski definition) is 1. The van der Waals surface area contributed by atoms with Gasteiger partial charge in [0.25, 0.3) is 0 Å². The molecule has 3 aliphatic rings. The first-order chi connectivity index (χ1) is 13.6. The third-order valence-electron chi connectivity index (χ3n) is 7.87. The second kappa shape index (κ2) is 6.73. The van der Waals surface area contributed by atoms with Crippen molar-refractivity contribution in [1.82, 2.24) is 0 Å². The van der Waals surface area contributed by atoms with Crippen molar-refractivity contribution < 1.29 is 14.6 Å². The number of aryl methyl sites for hydroxylation is 1. The number of carbonyl (C=O) groups excluding carboxylic acids is 1. The Balaban J connectivity index is 1.37. The van der Waals surface area contributed by atoms with E-state index in [4.69, 9.17) is 4.74 Å². The number of aliphatic hydroxyl groups excluding tert-OH is 1. The summed E-state index contributed by atoms with van der Waals surface area (Å²) in [4.78, 5) is 12.4. The van der Waals surface area contributed by atoms with Gasteiger partial charge in [0.2, 0.25) is 0 Å². The van der Waals surface area contributed by atoms with Gasteiger partial charge in [-0.1, -0.05) is 31.2 Å². The van der Waals surface area contributed by atoms with Crippen LogP contribution in [0.3, 0.4) is 0 Å². The highest BCUT2D eigenvalue weighted by atomic mass is 16.5. The highest BCUT2D eigenvalue weighted by Gasteiger charge is 2.54. The molecule has 3 nitrogen and oxygen atoms in total. The Morgan fingerprint density at radius 3 is 2.71 bits per heavy atom. The van der Waals surface area contributed by atoms with Crippen molar-refractivity contribution in [1.29, 1.82) is 0 Å². The molecule has 3 aliphatic carbocycles. The number of rotatable bonds is 2.